The normalized spacial score (nSPS) is 14.8. The summed E-state index contributed by atoms with van der Waals surface area (Å²) in [5, 5.41) is 1.01. The Hall–Kier alpha value is -2.88. The van der Waals surface area contributed by atoms with Gasteiger partial charge in [0.05, 0.1) is 6.54 Å². The summed E-state index contributed by atoms with van der Waals surface area (Å²) in [6.07, 6.45) is 5.49. The number of fused-ring (bicyclic) bond motifs is 1. The minimum absolute atomic E-state index is 0.0266. The smallest absolute Gasteiger partial charge is 0.254 e. The van der Waals surface area contributed by atoms with Gasteiger partial charge in [0, 0.05) is 22.7 Å². The van der Waals surface area contributed by atoms with Gasteiger partial charge in [-0.15, -0.1) is 0 Å². The van der Waals surface area contributed by atoms with Crippen LogP contribution in [0.15, 0.2) is 53.3 Å². The quantitative estimate of drug-likeness (QED) is 0.674. The van der Waals surface area contributed by atoms with Gasteiger partial charge in [-0.2, -0.15) is 0 Å². The molecule has 0 unspecified atom stereocenters. The zero-order valence-electron chi connectivity index (χ0n) is 17.2. The highest BCUT2D eigenvalue weighted by Gasteiger charge is 2.28. The van der Waals surface area contributed by atoms with Crippen LogP contribution in [0.3, 0.4) is 0 Å². The summed E-state index contributed by atoms with van der Waals surface area (Å²) in [5.41, 5.74) is 4.22. The van der Waals surface area contributed by atoms with Gasteiger partial charge in [-0.05, 0) is 61.9 Å². The Morgan fingerprint density at radius 3 is 2.55 bits per heavy atom. The van der Waals surface area contributed by atoms with Crippen molar-refractivity contribution in [2.75, 3.05) is 0 Å². The maximum atomic E-state index is 13.5. The van der Waals surface area contributed by atoms with Crippen LogP contribution in [0.5, 0.6) is 0 Å². The Balaban J connectivity index is 1.73. The highest BCUT2D eigenvalue weighted by Crippen LogP contribution is 2.26. The highest BCUT2D eigenvalue weighted by atomic mass is 16.2. The summed E-state index contributed by atoms with van der Waals surface area (Å²) in [6, 6.07) is 15.9. The first kappa shape index (κ1) is 19.4. The molecule has 0 atom stereocenters. The van der Waals surface area contributed by atoms with Crippen LogP contribution in [-0.4, -0.2) is 21.8 Å². The van der Waals surface area contributed by atoms with Crippen LogP contribution >= 0.6 is 0 Å². The van der Waals surface area contributed by atoms with Crippen LogP contribution < -0.4 is 5.56 Å². The van der Waals surface area contributed by atoms with Crippen molar-refractivity contribution in [3.63, 3.8) is 0 Å². The molecule has 29 heavy (non-hydrogen) atoms. The van der Waals surface area contributed by atoms with Crippen molar-refractivity contribution in [2.45, 2.75) is 58.5 Å². The van der Waals surface area contributed by atoms with Gasteiger partial charge in [0.1, 0.15) is 0 Å². The Labute approximate surface area is 171 Å². The van der Waals surface area contributed by atoms with E-state index in [2.05, 4.69) is 11.1 Å². The van der Waals surface area contributed by atoms with E-state index in [4.69, 9.17) is 0 Å². The molecule has 0 aliphatic heterocycles. The maximum absolute atomic E-state index is 13.5. The molecule has 1 N–H and O–H groups in total. The number of pyridine rings is 1. The molecule has 1 aliphatic carbocycles. The lowest BCUT2D eigenvalue weighted by Crippen LogP contribution is -2.42. The van der Waals surface area contributed by atoms with Crippen LogP contribution in [0.1, 0.15) is 59.2 Å². The second kappa shape index (κ2) is 8.24. The first-order valence-corrected chi connectivity index (χ1v) is 10.5. The van der Waals surface area contributed by atoms with Crippen molar-refractivity contribution in [2.24, 2.45) is 0 Å². The lowest BCUT2D eigenvalue weighted by atomic mass is 9.93. The SMILES string of the molecule is Cc1ccc2[nH]c(=O)c(CN(C(=O)c3ccccc3C)C3CCCCC3)cc2c1. The average Bonchev–Trinajstić information content (AvgIpc) is 2.73. The topological polar surface area (TPSA) is 53.2 Å². The fraction of sp³-hybridized carbons (Fsp3) is 0.360. The van der Waals surface area contributed by atoms with Crippen LogP contribution in [0, 0.1) is 13.8 Å². The van der Waals surface area contributed by atoms with E-state index in [0.717, 1.165) is 53.3 Å². The predicted molar refractivity (Wildman–Crippen MR) is 117 cm³/mol. The number of nitrogens with one attached hydrogen (secondary N) is 1. The number of carbonyl (C=O) groups is 1. The molecular weight excluding hydrogens is 360 g/mol. The van der Waals surface area contributed by atoms with Crippen molar-refractivity contribution in [1.82, 2.24) is 9.88 Å². The zero-order chi connectivity index (χ0) is 20.4. The van der Waals surface area contributed by atoms with E-state index in [1.54, 1.807) is 0 Å². The number of hydrogen-bond donors (Lipinski definition) is 1. The second-order valence-corrected chi connectivity index (χ2v) is 8.25. The summed E-state index contributed by atoms with van der Waals surface area (Å²) in [5.74, 6) is 0.0266. The molecule has 4 rings (SSSR count). The largest absolute Gasteiger partial charge is 0.331 e. The van der Waals surface area contributed by atoms with Crippen molar-refractivity contribution in [3.8, 4) is 0 Å². The molecule has 1 fully saturated rings. The lowest BCUT2D eigenvalue weighted by molar-refractivity contribution is 0.0612. The molecular formula is C25H28N2O2. The van der Waals surface area contributed by atoms with Gasteiger partial charge in [-0.25, -0.2) is 0 Å². The Morgan fingerprint density at radius 1 is 1.03 bits per heavy atom. The van der Waals surface area contributed by atoms with E-state index < -0.39 is 0 Å². The van der Waals surface area contributed by atoms with Crippen molar-refractivity contribution in [3.05, 3.63) is 81.1 Å². The van der Waals surface area contributed by atoms with Crippen LogP contribution in [0.2, 0.25) is 0 Å². The van der Waals surface area contributed by atoms with Gasteiger partial charge in [-0.3, -0.25) is 9.59 Å². The lowest BCUT2D eigenvalue weighted by Gasteiger charge is -2.34. The van der Waals surface area contributed by atoms with Crippen molar-refractivity contribution in [1.29, 1.82) is 0 Å². The van der Waals surface area contributed by atoms with Crippen molar-refractivity contribution >= 4 is 16.8 Å². The molecule has 4 nitrogen and oxygen atoms in total. The average molecular weight is 389 g/mol. The number of aromatic amines is 1. The highest BCUT2D eigenvalue weighted by molar-refractivity contribution is 5.95. The molecule has 1 heterocycles. The number of aromatic nitrogens is 1. The Bertz CT molecular complexity index is 1090. The van der Waals surface area contributed by atoms with Gasteiger partial charge in [-0.1, -0.05) is 49.1 Å². The summed E-state index contributed by atoms with van der Waals surface area (Å²) >= 11 is 0. The maximum Gasteiger partial charge on any atom is 0.254 e. The molecule has 4 heteroatoms. The van der Waals surface area contributed by atoms with E-state index in [-0.39, 0.29) is 17.5 Å². The van der Waals surface area contributed by atoms with E-state index in [0.29, 0.717) is 12.1 Å². The number of hydrogen-bond acceptors (Lipinski definition) is 2. The minimum atomic E-state index is -0.111. The molecule has 2 aromatic carbocycles. The fourth-order valence-corrected chi connectivity index (χ4v) is 4.40. The number of aryl methyl sites for hydroxylation is 2. The van der Waals surface area contributed by atoms with E-state index >= 15 is 0 Å². The molecule has 0 bridgehead atoms. The summed E-state index contributed by atoms with van der Waals surface area (Å²) < 4.78 is 0. The summed E-state index contributed by atoms with van der Waals surface area (Å²) in [6.45, 7) is 4.36. The van der Waals surface area contributed by atoms with E-state index in [1.807, 2.05) is 61.2 Å². The number of H-pyrrole nitrogens is 1. The predicted octanol–water partition coefficient (Wildman–Crippen LogP) is 5.12. The third-order valence-corrected chi connectivity index (χ3v) is 6.07. The second-order valence-electron chi connectivity index (χ2n) is 8.25. The van der Waals surface area contributed by atoms with Gasteiger partial charge in [0.2, 0.25) is 0 Å². The van der Waals surface area contributed by atoms with Gasteiger partial charge < -0.3 is 9.88 Å². The minimum Gasteiger partial charge on any atom is -0.331 e. The molecule has 0 saturated heterocycles. The summed E-state index contributed by atoms with van der Waals surface area (Å²) in [7, 11) is 0. The zero-order valence-corrected chi connectivity index (χ0v) is 17.2. The van der Waals surface area contributed by atoms with Gasteiger partial charge in [0.15, 0.2) is 0 Å². The first-order valence-electron chi connectivity index (χ1n) is 10.5. The molecule has 1 aromatic heterocycles. The molecule has 0 radical (unpaired) electrons. The molecule has 1 amide bonds. The van der Waals surface area contributed by atoms with Crippen molar-refractivity contribution < 1.29 is 4.79 Å². The molecule has 150 valence electrons. The van der Waals surface area contributed by atoms with Gasteiger partial charge >= 0.3 is 0 Å². The molecule has 1 aliphatic rings. The molecule has 1 saturated carbocycles. The fourth-order valence-electron chi connectivity index (χ4n) is 4.40. The Kier molecular flexibility index (Phi) is 5.52. The monoisotopic (exact) mass is 388 g/mol. The number of carbonyl (C=O) groups excluding carboxylic acids is 1. The molecule has 3 aromatic rings. The standard InChI is InChI=1S/C25H28N2O2/c1-17-12-13-23-19(14-17)15-20(24(28)26-23)16-27(21-9-4-3-5-10-21)25(29)22-11-7-6-8-18(22)2/h6-8,11-15,21H,3-5,9-10,16H2,1-2H3,(H,26,28). The van der Waals surface area contributed by atoms with E-state index in [9.17, 15) is 9.59 Å². The van der Waals surface area contributed by atoms with Crippen LogP contribution in [0.4, 0.5) is 0 Å². The molecule has 0 spiro atoms. The van der Waals surface area contributed by atoms with Gasteiger partial charge in [0.25, 0.3) is 11.5 Å². The summed E-state index contributed by atoms with van der Waals surface area (Å²) in [4.78, 5) is 31.2. The van der Waals surface area contributed by atoms with E-state index in [1.165, 1.54) is 6.42 Å². The third-order valence-electron chi connectivity index (χ3n) is 6.07. The number of amides is 1. The number of benzene rings is 2. The Morgan fingerprint density at radius 2 is 1.79 bits per heavy atom. The number of rotatable bonds is 4. The van der Waals surface area contributed by atoms with Crippen LogP contribution in [-0.2, 0) is 6.54 Å². The van der Waals surface area contributed by atoms with Crippen LogP contribution in [0.25, 0.3) is 10.9 Å². The number of nitrogens with zero attached hydrogens (tertiary/aromatic N) is 1. The third kappa shape index (κ3) is 4.12. The first-order chi connectivity index (χ1) is 14.0.